The van der Waals surface area contributed by atoms with E-state index in [0.717, 1.165) is 16.8 Å². The number of nitrogens with zero attached hydrogens (tertiary/aromatic N) is 2. The first-order valence-electron chi connectivity index (χ1n) is 10.9. The van der Waals surface area contributed by atoms with E-state index < -0.39 is 16.1 Å². The minimum Gasteiger partial charge on any atom is -0.346 e. The molecule has 0 aliphatic rings. The molecule has 0 bridgehead atoms. The van der Waals surface area contributed by atoms with Gasteiger partial charge in [0.15, 0.2) is 0 Å². The number of benzene rings is 3. The van der Waals surface area contributed by atoms with Gasteiger partial charge in [0, 0.05) is 29.7 Å². The SMILES string of the molecule is C[C@H](NC(=O)c1cccc(S(=O)(=O)N[C@H](C)c2ccccc2)c1)c1ccc(-n2ccnc2)cc1. The molecule has 0 aliphatic heterocycles. The fraction of sp³-hybridized carbons (Fsp3) is 0.154. The van der Waals surface area contributed by atoms with Gasteiger partial charge in [0.2, 0.25) is 10.0 Å². The lowest BCUT2D eigenvalue weighted by Crippen LogP contribution is -2.28. The summed E-state index contributed by atoms with van der Waals surface area (Å²) < 4.78 is 30.4. The van der Waals surface area contributed by atoms with E-state index in [0.29, 0.717) is 0 Å². The van der Waals surface area contributed by atoms with Crippen LogP contribution in [0.25, 0.3) is 5.69 Å². The van der Waals surface area contributed by atoms with Gasteiger partial charge in [-0.1, -0.05) is 48.5 Å². The molecule has 7 nitrogen and oxygen atoms in total. The predicted molar refractivity (Wildman–Crippen MR) is 131 cm³/mol. The summed E-state index contributed by atoms with van der Waals surface area (Å²) in [5.74, 6) is -0.348. The van der Waals surface area contributed by atoms with Gasteiger partial charge in [-0.25, -0.2) is 18.1 Å². The zero-order chi connectivity index (χ0) is 24.1. The summed E-state index contributed by atoms with van der Waals surface area (Å²) in [5.41, 5.74) is 3.03. The lowest BCUT2D eigenvalue weighted by molar-refractivity contribution is 0.0939. The van der Waals surface area contributed by atoms with Gasteiger partial charge < -0.3 is 9.88 Å². The highest BCUT2D eigenvalue weighted by atomic mass is 32.2. The molecule has 0 spiro atoms. The maximum Gasteiger partial charge on any atom is 0.251 e. The molecule has 1 heterocycles. The van der Waals surface area contributed by atoms with Crippen molar-refractivity contribution in [2.24, 2.45) is 0 Å². The van der Waals surface area contributed by atoms with Gasteiger partial charge >= 0.3 is 0 Å². The fourth-order valence-corrected chi connectivity index (χ4v) is 4.90. The molecule has 0 saturated carbocycles. The smallest absolute Gasteiger partial charge is 0.251 e. The van der Waals surface area contributed by atoms with Crippen molar-refractivity contribution in [2.75, 3.05) is 0 Å². The number of carbonyl (C=O) groups excluding carboxylic acids is 1. The van der Waals surface area contributed by atoms with Crippen LogP contribution in [0, 0.1) is 0 Å². The van der Waals surface area contributed by atoms with Crippen LogP contribution >= 0.6 is 0 Å². The molecule has 8 heteroatoms. The van der Waals surface area contributed by atoms with E-state index in [4.69, 9.17) is 0 Å². The molecule has 2 N–H and O–H groups in total. The Morgan fingerprint density at radius 1 is 0.882 bits per heavy atom. The Balaban J connectivity index is 1.45. The Hall–Kier alpha value is -3.75. The van der Waals surface area contributed by atoms with Crippen LogP contribution in [0.3, 0.4) is 0 Å². The predicted octanol–water partition coefficient (Wildman–Crippen LogP) is 4.40. The lowest BCUT2D eigenvalue weighted by atomic mass is 10.1. The van der Waals surface area contributed by atoms with Crippen LogP contribution in [-0.2, 0) is 10.0 Å². The van der Waals surface area contributed by atoms with Gasteiger partial charge in [-0.05, 0) is 55.3 Å². The second-order valence-electron chi connectivity index (χ2n) is 8.04. The van der Waals surface area contributed by atoms with E-state index in [1.54, 1.807) is 31.6 Å². The number of sulfonamides is 1. The first-order chi connectivity index (χ1) is 16.3. The van der Waals surface area contributed by atoms with Crippen molar-refractivity contribution >= 4 is 15.9 Å². The number of imidazole rings is 1. The van der Waals surface area contributed by atoms with E-state index >= 15 is 0 Å². The third-order valence-electron chi connectivity index (χ3n) is 5.58. The molecule has 3 aromatic carbocycles. The highest BCUT2D eigenvalue weighted by molar-refractivity contribution is 7.89. The minimum atomic E-state index is -3.81. The standard InChI is InChI=1S/C26H26N4O3S/c1-19(22-11-13-24(14-12-22)30-16-15-27-18-30)28-26(31)23-9-6-10-25(17-23)34(32,33)29-20(2)21-7-4-3-5-8-21/h3-20,29H,1-2H3,(H,28,31)/t19-,20+/m0/s1. The fourth-order valence-electron chi connectivity index (χ4n) is 3.63. The van der Waals surface area contributed by atoms with Crippen molar-refractivity contribution in [3.05, 3.63) is 114 Å². The summed E-state index contributed by atoms with van der Waals surface area (Å²) in [7, 11) is -3.81. The summed E-state index contributed by atoms with van der Waals surface area (Å²) in [6, 6.07) is 22.5. The summed E-state index contributed by atoms with van der Waals surface area (Å²) in [6.45, 7) is 3.66. The Kier molecular flexibility index (Phi) is 6.90. The minimum absolute atomic E-state index is 0.0419. The van der Waals surface area contributed by atoms with Crippen molar-refractivity contribution < 1.29 is 13.2 Å². The monoisotopic (exact) mass is 474 g/mol. The van der Waals surface area contributed by atoms with E-state index in [9.17, 15) is 13.2 Å². The van der Waals surface area contributed by atoms with Crippen LogP contribution in [0.15, 0.2) is 102 Å². The molecule has 0 fully saturated rings. The number of aromatic nitrogens is 2. The number of nitrogens with one attached hydrogen (secondary N) is 2. The third-order valence-corrected chi connectivity index (χ3v) is 7.12. The topological polar surface area (TPSA) is 93.1 Å². The van der Waals surface area contributed by atoms with Gasteiger partial charge in [0.1, 0.15) is 0 Å². The second kappa shape index (κ2) is 10.0. The number of carbonyl (C=O) groups is 1. The van der Waals surface area contributed by atoms with E-state index in [1.165, 1.54) is 12.1 Å². The molecular weight excluding hydrogens is 448 g/mol. The Labute approximate surface area is 199 Å². The molecule has 1 amide bonds. The highest BCUT2D eigenvalue weighted by Crippen LogP contribution is 2.19. The van der Waals surface area contributed by atoms with Crippen LogP contribution in [0.5, 0.6) is 0 Å². The molecule has 0 unspecified atom stereocenters. The quantitative estimate of drug-likeness (QED) is 0.396. The van der Waals surface area contributed by atoms with Crippen LogP contribution in [0.1, 0.15) is 47.4 Å². The largest absolute Gasteiger partial charge is 0.346 e. The number of rotatable bonds is 8. The zero-order valence-corrected chi connectivity index (χ0v) is 19.7. The molecular formula is C26H26N4O3S. The summed E-state index contributed by atoms with van der Waals surface area (Å²) >= 11 is 0. The van der Waals surface area contributed by atoms with Crippen LogP contribution < -0.4 is 10.0 Å². The summed E-state index contributed by atoms with van der Waals surface area (Å²) in [6.07, 6.45) is 5.29. The van der Waals surface area contributed by atoms with Gasteiger partial charge in [-0.15, -0.1) is 0 Å². The van der Waals surface area contributed by atoms with E-state index in [2.05, 4.69) is 15.0 Å². The summed E-state index contributed by atoms with van der Waals surface area (Å²) in [4.78, 5) is 17.0. The third kappa shape index (κ3) is 5.41. The molecule has 0 saturated heterocycles. The van der Waals surface area contributed by atoms with Crippen LogP contribution in [0.4, 0.5) is 0 Å². The Bertz CT molecular complexity index is 1350. The maximum absolute atomic E-state index is 12.9. The first kappa shape index (κ1) is 23.4. The molecule has 2 atom stereocenters. The second-order valence-corrected chi connectivity index (χ2v) is 9.75. The average Bonchev–Trinajstić information content (AvgIpc) is 3.39. The van der Waals surface area contributed by atoms with Gasteiger partial charge in [-0.2, -0.15) is 0 Å². The molecule has 4 aromatic rings. The number of hydrogen-bond acceptors (Lipinski definition) is 4. The Morgan fingerprint density at radius 2 is 1.59 bits per heavy atom. The molecule has 0 radical (unpaired) electrons. The molecule has 174 valence electrons. The van der Waals surface area contributed by atoms with Gasteiger partial charge in [-0.3, -0.25) is 4.79 Å². The maximum atomic E-state index is 12.9. The van der Waals surface area contributed by atoms with Crippen molar-refractivity contribution in [1.29, 1.82) is 0 Å². The van der Waals surface area contributed by atoms with Gasteiger partial charge in [0.05, 0.1) is 17.3 Å². The van der Waals surface area contributed by atoms with Crippen LogP contribution in [0.2, 0.25) is 0 Å². The van der Waals surface area contributed by atoms with Gasteiger partial charge in [0.25, 0.3) is 5.91 Å². The van der Waals surface area contributed by atoms with E-state index in [-0.39, 0.29) is 22.4 Å². The van der Waals surface area contributed by atoms with E-state index in [1.807, 2.05) is 72.3 Å². The molecule has 34 heavy (non-hydrogen) atoms. The van der Waals surface area contributed by atoms with Crippen molar-refractivity contribution in [1.82, 2.24) is 19.6 Å². The lowest BCUT2D eigenvalue weighted by Gasteiger charge is -2.17. The number of hydrogen-bond donors (Lipinski definition) is 2. The highest BCUT2D eigenvalue weighted by Gasteiger charge is 2.20. The van der Waals surface area contributed by atoms with Crippen molar-refractivity contribution in [2.45, 2.75) is 30.8 Å². The zero-order valence-electron chi connectivity index (χ0n) is 18.9. The molecule has 1 aromatic heterocycles. The average molecular weight is 475 g/mol. The van der Waals surface area contributed by atoms with Crippen molar-refractivity contribution in [3.8, 4) is 5.69 Å². The van der Waals surface area contributed by atoms with Crippen LogP contribution in [-0.4, -0.2) is 23.9 Å². The molecule has 0 aliphatic carbocycles. The first-order valence-corrected chi connectivity index (χ1v) is 12.4. The van der Waals surface area contributed by atoms with Crippen molar-refractivity contribution in [3.63, 3.8) is 0 Å². The number of amides is 1. The normalized spacial score (nSPS) is 13.2. The molecule has 4 rings (SSSR count). The summed E-state index contributed by atoms with van der Waals surface area (Å²) in [5, 5.41) is 2.94. The Morgan fingerprint density at radius 3 is 2.26 bits per heavy atom.